The first-order chi connectivity index (χ1) is 7.83. The van der Waals surface area contributed by atoms with E-state index in [1.165, 1.54) is 6.33 Å². The summed E-state index contributed by atoms with van der Waals surface area (Å²) in [6.07, 6.45) is 9.08. The molecule has 0 amide bonds. The van der Waals surface area contributed by atoms with Crippen molar-refractivity contribution >= 4 is 11.8 Å². The lowest BCUT2D eigenvalue weighted by Crippen LogP contribution is -1.96. The van der Waals surface area contributed by atoms with Gasteiger partial charge in [-0.1, -0.05) is 26.0 Å². The first-order valence-electron chi connectivity index (χ1n) is 5.46. The summed E-state index contributed by atoms with van der Waals surface area (Å²) in [5.74, 6) is 0.764. The summed E-state index contributed by atoms with van der Waals surface area (Å²) in [4.78, 5) is 8.15. The average Bonchev–Trinajstić information content (AvgIpc) is 2.36. The summed E-state index contributed by atoms with van der Waals surface area (Å²) >= 11 is 0. The van der Waals surface area contributed by atoms with E-state index in [1.807, 2.05) is 45.9 Å². The summed E-state index contributed by atoms with van der Waals surface area (Å²) in [6.45, 7) is 7.87. The number of ether oxygens (including phenoxy) is 1. The van der Waals surface area contributed by atoms with Crippen molar-refractivity contribution in [2.75, 3.05) is 7.11 Å². The van der Waals surface area contributed by atoms with Gasteiger partial charge in [-0.25, -0.2) is 9.97 Å². The Labute approximate surface area is 97.9 Å². The van der Waals surface area contributed by atoms with Crippen LogP contribution in [0.4, 0.5) is 0 Å². The van der Waals surface area contributed by atoms with Gasteiger partial charge in [-0.2, -0.15) is 0 Å². The molecule has 3 nitrogen and oxygen atoms in total. The van der Waals surface area contributed by atoms with Crippen LogP contribution in [0.3, 0.4) is 0 Å². The van der Waals surface area contributed by atoms with E-state index in [1.54, 1.807) is 13.3 Å². The predicted octanol–water partition coefficient (Wildman–Crippen LogP) is 3.54. The maximum atomic E-state index is 5.21. The maximum absolute atomic E-state index is 5.21. The minimum Gasteiger partial charge on any atom is -0.495 e. The minimum atomic E-state index is 0.764. The first kappa shape index (κ1) is 14.4. The second kappa shape index (κ2) is 8.65. The van der Waals surface area contributed by atoms with Gasteiger partial charge in [-0.3, -0.25) is 0 Å². The number of allylic oxidation sites excluding steroid dienone is 2. The smallest absolute Gasteiger partial charge is 0.140 e. The van der Waals surface area contributed by atoms with Crippen LogP contribution >= 0.6 is 0 Å². The highest BCUT2D eigenvalue weighted by atomic mass is 16.5. The first-order valence-corrected chi connectivity index (χ1v) is 5.46. The molecule has 0 aliphatic carbocycles. The quantitative estimate of drug-likeness (QED) is 0.731. The van der Waals surface area contributed by atoms with Gasteiger partial charge in [0.2, 0.25) is 0 Å². The van der Waals surface area contributed by atoms with Gasteiger partial charge >= 0.3 is 0 Å². The third-order valence-corrected chi connectivity index (χ3v) is 1.80. The zero-order valence-electron chi connectivity index (χ0n) is 10.7. The molecule has 0 aliphatic heterocycles. The molecule has 0 fully saturated rings. The Balaban J connectivity index is 0.00000106. The van der Waals surface area contributed by atoms with Gasteiger partial charge in [-0.05, 0) is 19.9 Å². The summed E-state index contributed by atoms with van der Waals surface area (Å²) in [5, 5.41) is 0. The third-order valence-electron chi connectivity index (χ3n) is 1.80. The molecule has 0 saturated heterocycles. The Morgan fingerprint density at radius 2 is 2.00 bits per heavy atom. The summed E-state index contributed by atoms with van der Waals surface area (Å²) in [6, 6.07) is 0. The summed E-state index contributed by atoms with van der Waals surface area (Å²) in [5.41, 5.74) is 1.79. The molecule has 3 heteroatoms. The van der Waals surface area contributed by atoms with Crippen molar-refractivity contribution in [3.8, 4) is 0 Å². The highest BCUT2D eigenvalue weighted by Crippen LogP contribution is 2.17. The van der Waals surface area contributed by atoms with Crippen molar-refractivity contribution in [1.29, 1.82) is 0 Å². The van der Waals surface area contributed by atoms with Gasteiger partial charge in [0.1, 0.15) is 17.8 Å². The van der Waals surface area contributed by atoms with E-state index < -0.39 is 0 Å². The molecule has 0 radical (unpaired) electrons. The number of nitrogens with zero attached hydrogens (tertiary/aromatic N) is 2. The lowest BCUT2D eigenvalue weighted by atomic mass is 10.2. The Morgan fingerprint density at radius 1 is 1.31 bits per heavy atom. The van der Waals surface area contributed by atoms with E-state index in [0.29, 0.717) is 0 Å². The molecule has 0 atom stereocenters. The zero-order valence-corrected chi connectivity index (χ0v) is 10.7. The largest absolute Gasteiger partial charge is 0.495 e. The Hall–Kier alpha value is -1.64. The highest BCUT2D eigenvalue weighted by Gasteiger charge is 2.06. The number of methoxy groups -OCH3 is 1. The second-order valence-corrected chi connectivity index (χ2v) is 2.68. The Morgan fingerprint density at radius 3 is 2.50 bits per heavy atom. The summed E-state index contributed by atoms with van der Waals surface area (Å²) < 4.78 is 5.21. The number of hydrogen-bond acceptors (Lipinski definition) is 3. The molecule has 1 rings (SSSR count). The molecule has 0 spiro atoms. The predicted molar refractivity (Wildman–Crippen MR) is 68.7 cm³/mol. The van der Waals surface area contributed by atoms with E-state index >= 15 is 0 Å². The molecule has 1 aromatic rings. The van der Waals surface area contributed by atoms with E-state index in [0.717, 1.165) is 17.0 Å². The molecular weight excluding hydrogens is 200 g/mol. The van der Waals surface area contributed by atoms with E-state index in [9.17, 15) is 0 Å². The Bertz CT molecular complexity index is 357. The van der Waals surface area contributed by atoms with Gasteiger partial charge in [0.05, 0.1) is 7.11 Å². The standard InChI is InChI=1S/C11H14N2O.C2H6/c1-4-6-9-7-12-8-13-11(9)10(5-2)14-3;1-2/h4-8H,1-3H3;1-2H3/b6-4-,10-5+;. The molecular formula is C13H20N2O. The van der Waals surface area contributed by atoms with Crippen molar-refractivity contribution in [3.63, 3.8) is 0 Å². The molecule has 0 aromatic carbocycles. The van der Waals surface area contributed by atoms with E-state index in [2.05, 4.69) is 9.97 Å². The van der Waals surface area contributed by atoms with Crippen molar-refractivity contribution in [2.45, 2.75) is 27.7 Å². The van der Waals surface area contributed by atoms with Crippen molar-refractivity contribution in [1.82, 2.24) is 9.97 Å². The average molecular weight is 220 g/mol. The van der Waals surface area contributed by atoms with Gasteiger partial charge in [0, 0.05) is 11.8 Å². The van der Waals surface area contributed by atoms with Crippen LogP contribution in [0.2, 0.25) is 0 Å². The third kappa shape index (κ3) is 3.85. The van der Waals surface area contributed by atoms with Gasteiger partial charge < -0.3 is 4.74 Å². The normalized spacial score (nSPS) is 10.9. The molecule has 0 bridgehead atoms. The van der Waals surface area contributed by atoms with Crippen molar-refractivity contribution in [3.05, 3.63) is 35.9 Å². The minimum absolute atomic E-state index is 0.764. The molecule has 1 aromatic heterocycles. The molecule has 88 valence electrons. The second-order valence-electron chi connectivity index (χ2n) is 2.68. The van der Waals surface area contributed by atoms with Crippen LogP contribution in [-0.2, 0) is 4.74 Å². The molecule has 1 heterocycles. The fourth-order valence-electron chi connectivity index (χ4n) is 1.20. The number of rotatable bonds is 3. The van der Waals surface area contributed by atoms with Crippen LogP contribution in [0.15, 0.2) is 24.7 Å². The maximum Gasteiger partial charge on any atom is 0.140 e. The number of aromatic nitrogens is 2. The fourth-order valence-corrected chi connectivity index (χ4v) is 1.20. The van der Waals surface area contributed by atoms with Crippen LogP contribution < -0.4 is 0 Å². The van der Waals surface area contributed by atoms with E-state index in [-0.39, 0.29) is 0 Å². The molecule has 16 heavy (non-hydrogen) atoms. The zero-order chi connectivity index (χ0) is 12.4. The highest BCUT2D eigenvalue weighted by molar-refractivity contribution is 5.66. The molecule has 0 saturated carbocycles. The van der Waals surface area contributed by atoms with Crippen LogP contribution in [0, 0.1) is 0 Å². The van der Waals surface area contributed by atoms with Gasteiger partial charge in [-0.15, -0.1) is 0 Å². The lowest BCUT2D eigenvalue weighted by molar-refractivity contribution is 0.367. The molecule has 0 N–H and O–H groups in total. The van der Waals surface area contributed by atoms with Crippen LogP contribution in [0.25, 0.3) is 11.8 Å². The monoisotopic (exact) mass is 220 g/mol. The SMILES string of the molecule is C/C=C\c1cncnc1/C(=C\C)OC.CC. The van der Waals surface area contributed by atoms with Crippen LogP contribution in [0.5, 0.6) is 0 Å². The lowest BCUT2D eigenvalue weighted by Gasteiger charge is -2.06. The van der Waals surface area contributed by atoms with Crippen molar-refractivity contribution < 1.29 is 4.74 Å². The number of hydrogen-bond donors (Lipinski definition) is 0. The van der Waals surface area contributed by atoms with Crippen LogP contribution in [0.1, 0.15) is 39.0 Å². The van der Waals surface area contributed by atoms with E-state index in [4.69, 9.17) is 4.74 Å². The van der Waals surface area contributed by atoms with Crippen LogP contribution in [-0.4, -0.2) is 17.1 Å². The van der Waals surface area contributed by atoms with Gasteiger partial charge in [0.25, 0.3) is 0 Å². The fraction of sp³-hybridized carbons (Fsp3) is 0.385. The molecule has 0 unspecified atom stereocenters. The topological polar surface area (TPSA) is 35.0 Å². The van der Waals surface area contributed by atoms with Crippen molar-refractivity contribution in [2.24, 2.45) is 0 Å². The Kier molecular flexibility index (Phi) is 7.76. The van der Waals surface area contributed by atoms with Gasteiger partial charge in [0.15, 0.2) is 0 Å². The molecule has 0 aliphatic rings. The summed E-state index contributed by atoms with van der Waals surface area (Å²) in [7, 11) is 1.64.